The number of esters is 1. The van der Waals surface area contributed by atoms with Crippen LogP contribution >= 0.6 is 22.9 Å². The number of fused-ring (bicyclic) bond motifs is 1. The summed E-state index contributed by atoms with van der Waals surface area (Å²) in [6.07, 6.45) is 3.20. The summed E-state index contributed by atoms with van der Waals surface area (Å²) in [5, 5.41) is 0.634. The van der Waals surface area contributed by atoms with Gasteiger partial charge in [-0.05, 0) is 61.4 Å². The second-order valence-electron chi connectivity index (χ2n) is 9.54. The number of hydrogen-bond acceptors (Lipinski definition) is 9. The normalized spacial score (nSPS) is 14.2. The average Bonchev–Trinajstić information content (AvgIpc) is 3.35. The van der Waals surface area contributed by atoms with Crippen LogP contribution in [-0.2, 0) is 16.1 Å². The van der Waals surface area contributed by atoms with Crippen LogP contribution in [0.1, 0.15) is 36.6 Å². The molecule has 4 aromatic rings. The van der Waals surface area contributed by atoms with E-state index in [1.807, 2.05) is 44.2 Å². The van der Waals surface area contributed by atoms with Gasteiger partial charge in [-0.15, -0.1) is 0 Å². The number of carbonyl (C=O) groups is 1. The highest BCUT2D eigenvalue weighted by Gasteiger charge is 2.31. The maximum Gasteiger partial charge on any atom is 0.337 e. The number of thiazole rings is 1. The van der Waals surface area contributed by atoms with Gasteiger partial charge in [0.2, 0.25) is 0 Å². The smallest absolute Gasteiger partial charge is 0.337 e. The van der Waals surface area contributed by atoms with Crippen molar-refractivity contribution in [1.29, 1.82) is 0 Å². The van der Waals surface area contributed by atoms with E-state index < -0.39 is 12.0 Å². The molecule has 0 fully saturated rings. The summed E-state index contributed by atoms with van der Waals surface area (Å²) in [7, 11) is 2.85. The van der Waals surface area contributed by atoms with Crippen LogP contribution in [0.15, 0.2) is 82.2 Å². The zero-order chi connectivity index (χ0) is 31.2. The van der Waals surface area contributed by atoms with Crippen molar-refractivity contribution in [3.05, 3.63) is 114 Å². The van der Waals surface area contributed by atoms with Crippen LogP contribution in [0.4, 0.5) is 0 Å². The van der Waals surface area contributed by atoms with Gasteiger partial charge < -0.3 is 23.7 Å². The van der Waals surface area contributed by atoms with Gasteiger partial charge in [0.1, 0.15) is 6.61 Å². The third-order valence-corrected chi connectivity index (χ3v) is 8.07. The van der Waals surface area contributed by atoms with E-state index >= 15 is 0 Å². The number of methoxy groups -OCH3 is 2. The number of nitrogens with zero attached hydrogens (tertiary/aromatic N) is 2. The summed E-state index contributed by atoms with van der Waals surface area (Å²) >= 11 is 7.24. The first-order valence-corrected chi connectivity index (χ1v) is 15.1. The Bertz CT molecular complexity index is 1880. The van der Waals surface area contributed by atoms with E-state index in [0.29, 0.717) is 61.7 Å². The highest BCUT2D eigenvalue weighted by Crippen LogP contribution is 2.35. The molecule has 11 heteroatoms. The summed E-state index contributed by atoms with van der Waals surface area (Å²) < 4.78 is 30.3. The molecule has 0 amide bonds. The Hall–Kier alpha value is -4.54. The minimum atomic E-state index is -0.804. The molecule has 0 aliphatic carbocycles. The van der Waals surface area contributed by atoms with Gasteiger partial charge in [0.05, 0.1) is 43.6 Å². The first-order chi connectivity index (χ1) is 21.4. The van der Waals surface area contributed by atoms with Gasteiger partial charge in [-0.2, -0.15) is 0 Å². The minimum absolute atomic E-state index is 0.214. The zero-order valence-corrected chi connectivity index (χ0v) is 26.2. The quantitative estimate of drug-likeness (QED) is 0.213. The van der Waals surface area contributed by atoms with E-state index in [-0.39, 0.29) is 17.7 Å². The molecule has 0 radical (unpaired) electrons. The number of para-hydroxylation sites is 1. The molecule has 1 atom stereocenters. The lowest BCUT2D eigenvalue weighted by molar-refractivity contribution is -0.136. The monoisotopic (exact) mass is 634 g/mol. The fraction of sp³-hybridized carbons (Fsp3) is 0.242. The molecule has 0 N–H and O–H groups in total. The third-order valence-electron chi connectivity index (χ3n) is 6.82. The molecule has 0 unspecified atom stereocenters. The van der Waals surface area contributed by atoms with Crippen molar-refractivity contribution in [2.75, 3.05) is 27.4 Å². The van der Waals surface area contributed by atoms with Crippen molar-refractivity contribution in [3.63, 3.8) is 0 Å². The molecule has 0 saturated heterocycles. The summed E-state index contributed by atoms with van der Waals surface area (Å²) in [5.74, 6) is 1.48. The lowest BCUT2D eigenvalue weighted by Gasteiger charge is -2.23. The minimum Gasteiger partial charge on any atom is -0.493 e. The molecule has 9 nitrogen and oxygen atoms in total. The predicted molar refractivity (Wildman–Crippen MR) is 169 cm³/mol. The molecule has 0 bridgehead atoms. The second kappa shape index (κ2) is 13.8. The molecule has 0 spiro atoms. The maximum atomic E-state index is 14.1. The molecule has 1 aliphatic rings. The van der Waals surface area contributed by atoms with Crippen LogP contribution < -0.4 is 33.8 Å². The van der Waals surface area contributed by atoms with Crippen molar-refractivity contribution in [2.45, 2.75) is 26.5 Å². The fourth-order valence-corrected chi connectivity index (χ4v) is 5.91. The molecule has 2 heterocycles. The van der Waals surface area contributed by atoms with Crippen molar-refractivity contribution < 1.29 is 28.5 Å². The standard InChI is InChI=1S/C33H31ClN2O7S/c1-5-41-25-15-12-21(16-27(25)42-6-2)29-24(32(38)40-4)18-35-33-36(29)31(37)28(44-33)17-22-8-7-9-26(39-3)30(22)43-19-20-10-13-23(34)14-11-20/h7-18,29H,5-6,19H2,1-4H3/b28-17+/t29-/m0/s1. The van der Waals surface area contributed by atoms with Gasteiger partial charge in [0.25, 0.3) is 5.56 Å². The number of aromatic nitrogens is 1. The van der Waals surface area contributed by atoms with Crippen molar-refractivity contribution >= 4 is 35.0 Å². The van der Waals surface area contributed by atoms with Gasteiger partial charge in [-0.1, -0.05) is 53.3 Å². The topological polar surface area (TPSA) is 97.6 Å². The molecule has 228 valence electrons. The van der Waals surface area contributed by atoms with Gasteiger partial charge in [0, 0.05) is 16.8 Å². The van der Waals surface area contributed by atoms with Crippen molar-refractivity contribution in [2.24, 2.45) is 4.99 Å². The molecule has 3 aromatic carbocycles. The van der Waals surface area contributed by atoms with E-state index in [2.05, 4.69) is 4.99 Å². The lowest BCUT2D eigenvalue weighted by atomic mass is 9.97. The van der Waals surface area contributed by atoms with Gasteiger partial charge in [-0.25, -0.2) is 9.79 Å². The molecule has 5 rings (SSSR count). The summed E-state index contributed by atoms with van der Waals surface area (Å²) in [5.41, 5.74) is 2.09. The number of ether oxygens (including phenoxy) is 5. The van der Waals surface area contributed by atoms with Gasteiger partial charge >= 0.3 is 5.97 Å². The summed E-state index contributed by atoms with van der Waals surface area (Å²) in [6.45, 7) is 4.89. The molecule has 44 heavy (non-hydrogen) atoms. The average molecular weight is 635 g/mol. The van der Waals surface area contributed by atoms with Crippen molar-refractivity contribution in [1.82, 2.24) is 4.57 Å². The number of benzene rings is 3. The molecule has 1 aromatic heterocycles. The maximum absolute atomic E-state index is 14.1. The number of rotatable bonds is 11. The van der Waals surface area contributed by atoms with Crippen LogP contribution in [0, 0.1) is 0 Å². The van der Waals surface area contributed by atoms with E-state index in [0.717, 1.165) is 5.56 Å². The second-order valence-corrected chi connectivity index (χ2v) is 11.0. The lowest BCUT2D eigenvalue weighted by Crippen LogP contribution is -2.39. The predicted octanol–water partition coefficient (Wildman–Crippen LogP) is 5.06. The van der Waals surface area contributed by atoms with E-state index in [9.17, 15) is 9.59 Å². The summed E-state index contributed by atoms with van der Waals surface area (Å²) in [6, 6.07) is 17.4. The molecule has 1 aliphatic heterocycles. The molecular formula is C33H31ClN2O7S. The first kappa shape index (κ1) is 30.9. The number of carbonyl (C=O) groups excluding carboxylic acids is 1. The Balaban J connectivity index is 1.61. The molecule has 0 saturated carbocycles. The van der Waals surface area contributed by atoms with Crippen LogP contribution in [0.25, 0.3) is 6.08 Å². The first-order valence-electron chi connectivity index (χ1n) is 13.9. The molecular weight excluding hydrogens is 604 g/mol. The Morgan fingerprint density at radius 3 is 2.43 bits per heavy atom. The Morgan fingerprint density at radius 2 is 1.73 bits per heavy atom. The van der Waals surface area contributed by atoms with Crippen LogP contribution in [-0.4, -0.2) is 38.0 Å². The van der Waals surface area contributed by atoms with Crippen LogP contribution in [0.2, 0.25) is 5.02 Å². The van der Waals surface area contributed by atoms with Crippen LogP contribution in [0.5, 0.6) is 23.0 Å². The highest BCUT2D eigenvalue weighted by atomic mass is 35.5. The zero-order valence-electron chi connectivity index (χ0n) is 24.7. The number of halogens is 1. The van der Waals surface area contributed by atoms with Crippen molar-refractivity contribution in [3.8, 4) is 23.0 Å². The Kier molecular flexibility index (Phi) is 9.72. The summed E-state index contributed by atoms with van der Waals surface area (Å²) in [4.78, 5) is 31.9. The van der Waals surface area contributed by atoms with E-state index in [4.69, 9.17) is 35.3 Å². The van der Waals surface area contributed by atoms with Gasteiger partial charge in [-0.3, -0.25) is 9.36 Å². The van der Waals surface area contributed by atoms with E-state index in [1.54, 1.807) is 43.5 Å². The SMILES string of the molecule is CCOc1ccc([C@H]2C(C(=O)OC)=CN=c3s/c(=C/c4cccc(OC)c4OCc4ccc(Cl)cc4)c(=O)n32)cc1OCC. The Labute approximate surface area is 263 Å². The Morgan fingerprint density at radius 1 is 0.977 bits per heavy atom. The fourth-order valence-electron chi connectivity index (χ4n) is 4.83. The third kappa shape index (κ3) is 6.36. The number of hydrogen-bond donors (Lipinski definition) is 0. The largest absolute Gasteiger partial charge is 0.493 e. The van der Waals surface area contributed by atoms with Gasteiger partial charge in [0.15, 0.2) is 27.8 Å². The van der Waals surface area contributed by atoms with Crippen LogP contribution in [0.3, 0.4) is 0 Å². The highest BCUT2D eigenvalue weighted by molar-refractivity contribution is 7.07. The van der Waals surface area contributed by atoms with E-state index in [1.165, 1.54) is 29.2 Å².